The average molecular weight is 500 g/mol. The number of rotatable bonds is 5. The number of hydrogen-bond acceptors (Lipinski definition) is 8. The number of phenolic OH excluding ortho intramolecular Hbond substituents is 1. The van der Waals surface area contributed by atoms with E-state index in [4.69, 9.17) is 19.8 Å². The van der Waals surface area contributed by atoms with Gasteiger partial charge >= 0.3 is 6.01 Å². The third-order valence-electron chi connectivity index (χ3n) is 8.44. The number of nitrogens with zero attached hydrogens (tertiary/aromatic N) is 6. The number of anilines is 1. The van der Waals surface area contributed by atoms with Crippen molar-refractivity contribution in [3.05, 3.63) is 36.4 Å². The second kappa shape index (κ2) is 8.85. The van der Waals surface area contributed by atoms with Gasteiger partial charge < -0.3 is 20.1 Å². The SMILES string of the molecule is Cn1nc(-c2cc(O)cc3ccccc23)c2nc(OCC34CCCN3CCC4)nc(N3CCNCC3)c21. The van der Waals surface area contributed by atoms with Crippen molar-refractivity contribution in [2.75, 3.05) is 50.8 Å². The highest BCUT2D eigenvalue weighted by Gasteiger charge is 2.45. The fraction of sp³-hybridized carbons (Fsp3) is 0.464. The Morgan fingerprint density at radius 3 is 2.62 bits per heavy atom. The highest BCUT2D eigenvalue weighted by atomic mass is 16.5. The Morgan fingerprint density at radius 1 is 1.03 bits per heavy atom. The van der Waals surface area contributed by atoms with Crippen molar-refractivity contribution in [2.24, 2.45) is 7.05 Å². The van der Waals surface area contributed by atoms with Crippen molar-refractivity contribution in [3.8, 4) is 23.0 Å². The average Bonchev–Trinajstić information content (AvgIpc) is 3.60. The Balaban J connectivity index is 1.38. The van der Waals surface area contributed by atoms with Crippen molar-refractivity contribution in [1.29, 1.82) is 0 Å². The summed E-state index contributed by atoms with van der Waals surface area (Å²) >= 11 is 0. The van der Waals surface area contributed by atoms with Crippen LogP contribution in [-0.2, 0) is 7.05 Å². The summed E-state index contributed by atoms with van der Waals surface area (Å²) in [6.07, 6.45) is 4.81. The number of aromatic hydroxyl groups is 1. The molecule has 0 aliphatic carbocycles. The van der Waals surface area contributed by atoms with Crippen LogP contribution < -0.4 is 15.0 Å². The number of nitrogens with one attached hydrogen (secondary N) is 1. The van der Waals surface area contributed by atoms with Gasteiger partial charge in [0.05, 0.1) is 5.54 Å². The molecule has 0 bridgehead atoms. The zero-order valence-electron chi connectivity index (χ0n) is 21.3. The summed E-state index contributed by atoms with van der Waals surface area (Å²) in [7, 11) is 1.94. The first-order valence-corrected chi connectivity index (χ1v) is 13.4. The first kappa shape index (κ1) is 22.7. The Hall–Kier alpha value is -3.43. The molecule has 3 aliphatic heterocycles. The molecule has 7 rings (SSSR count). The summed E-state index contributed by atoms with van der Waals surface area (Å²) in [5.41, 5.74) is 3.34. The van der Waals surface area contributed by atoms with E-state index in [-0.39, 0.29) is 11.3 Å². The zero-order valence-corrected chi connectivity index (χ0v) is 21.3. The van der Waals surface area contributed by atoms with Crippen LogP contribution in [0.5, 0.6) is 11.8 Å². The molecule has 0 saturated carbocycles. The number of fused-ring (bicyclic) bond motifs is 3. The number of phenols is 1. The quantitative estimate of drug-likeness (QED) is 0.432. The molecule has 3 saturated heterocycles. The normalized spacial score (nSPS) is 19.6. The summed E-state index contributed by atoms with van der Waals surface area (Å²) in [5, 5.41) is 20.9. The molecule has 0 unspecified atom stereocenters. The van der Waals surface area contributed by atoms with Gasteiger partial charge in [-0.1, -0.05) is 24.3 Å². The topological polar surface area (TPSA) is 91.6 Å². The second-order valence-electron chi connectivity index (χ2n) is 10.7. The fourth-order valence-corrected chi connectivity index (χ4v) is 6.63. The van der Waals surface area contributed by atoms with E-state index in [0.29, 0.717) is 12.6 Å². The van der Waals surface area contributed by atoms with Crippen molar-refractivity contribution in [2.45, 2.75) is 31.2 Å². The molecular weight excluding hydrogens is 466 g/mol. The predicted molar refractivity (Wildman–Crippen MR) is 144 cm³/mol. The molecule has 0 atom stereocenters. The predicted octanol–water partition coefficient (Wildman–Crippen LogP) is 3.31. The number of ether oxygens (including phenoxy) is 1. The van der Waals surface area contributed by atoms with Crippen LogP contribution in [0.15, 0.2) is 36.4 Å². The first-order valence-electron chi connectivity index (χ1n) is 13.4. The van der Waals surface area contributed by atoms with E-state index in [2.05, 4.69) is 21.2 Å². The number of benzene rings is 2. The second-order valence-corrected chi connectivity index (χ2v) is 10.7. The number of aromatic nitrogens is 4. The Kier molecular flexibility index (Phi) is 5.44. The summed E-state index contributed by atoms with van der Waals surface area (Å²) < 4.78 is 8.33. The van der Waals surface area contributed by atoms with Gasteiger partial charge in [-0.05, 0) is 61.7 Å². The maximum absolute atomic E-state index is 10.5. The molecule has 0 radical (unpaired) electrons. The van der Waals surface area contributed by atoms with Crippen molar-refractivity contribution in [1.82, 2.24) is 30.0 Å². The minimum atomic E-state index is 0.118. The van der Waals surface area contributed by atoms with E-state index in [1.165, 1.54) is 25.7 Å². The van der Waals surface area contributed by atoms with E-state index in [0.717, 1.165) is 78.1 Å². The molecule has 4 aromatic rings. The fourth-order valence-electron chi connectivity index (χ4n) is 6.63. The standard InChI is InChI=1S/C28H33N7O2/c1-33-25-24(23(32-33)22-17-20(36)16-19-6-2-3-7-21(19)22)30-27(31-26(25)34-14-10-29-11-15-34)37-18-28-8-4-12-35(28)13-5-9-28/h2-3,6-7,16-17,29,36H,4-5,8-15,18H2,1H3. The van der Waals surface area contributed by atoms with Gasteiger partial charge in [0.15, 0.2) is 5.82 Å². The van der Waals surface area contributed by atoms with Crippen LogP contribution in [0.25, 0.3) is 33.1 Å². The lowest BCUT2D eigenvalue weighted by molar-refractivity contribution is 0.108. The maximum atomic E-state index is 10.5. The van der Waals surface area contributed by atoms with Gasteiger partial charge in [-0.25, -0.2) is 0 Å². The molecule has 3 aliphatic rings. The van der Waals surface area contributed by atoms with Crippen molar-refractivity contribution >= 4 is 27.6 Å². The summed E-state index contributed by atoms with van der Waals surface area (Å²) in [5.74, 6) is 1.07. The minimum absolute atomic E-state index is 0.118. The molecule has 3 fully saturated rings. The number of piperazine rings is 1. The van der Waals surface area contributed by atoms with E-state index in [9.17, 15) is 5.11 Å². The van der Waals surface area contributed by atoms with Gasteiger partial charge in [0.25, 0.3) is 0 Å². The van der Waals surface area contributed by atoms with Crippen LogP contribution in [0.1, 0.15) is 25.7 Å². The van der Waals surface area contributed by atoms with Crippen LogP contribution in [-0.4, -0.2) is 81.2 Å². The zero-order chi connectivity index (χ0) is 25.0. The van der Waals surface area contributed by atoms with Gasteiger partial charge in [-0.2, -0.15) is 15.1 Å². The maximum Gasteiger partial charge on any atom is 0.319 e. The number of hydrogen-bond donors (Lipinski definition) is 2. The van der Waals surface area contributed by atoms with Gasteiger partial charge in [0.2, 0.25) is 0 Å². The Morgan fingerprint density at radius 2 is 1.81 bits per heavy atom. The molecule has 9 heteroatoms. The lowest BCUT2D eigenvalue weighted by Gasteiger charge is -2.32. The molecular formula is C28H33N7O2. The minimum Gasteiger partial charge on any atom is -0.508 e. The monoisotopic (exact) mass is 499 g/mol. The molecule has 9 nitrogen and oxygen atoms in total. The van der Waals surface area contributed by atoms with E-state index < -0.39 is 0 Å². The summed E-state index contributed by atoms with van der Waals surface area (Å²) in [6, 6.07) is 12.0. The van der Waals surface area contributed by atoms with Gasteiger partial charge in [-0.15, -0.1) is 0 Å². The largest absolute Gasteiger partial charge is 0.508 e. The molecule has 0 amide bonds. The number of aryl methyl sites for hydroxylation is 1. The summed E-state index contributed by atoms with van der Waals surface area (Å²) in [4.78, 5) is 14.9. The van der Waals surface area contributed by atoms with Crippen molar-refractivity contribution in [3.63, 3.8) is 0 Å². The molecule has 192 valence electrons. The lowest BCUT2D eigenvalue weighted by atomic mass is 9.95. The van der Waals surface area contributed by atoms with Gasteiger partial charge in [-0.3, -0.25) is 9.58 Å². The molecule has 2 aromatic carbocycles. The highest BCUT2D eigenvalue weighted by molar-refractivity contribution is 6.05. The van der Waals surface area contributed by atoms with Crippen LogP contribution in [0.4, 0.5) is 5.82 Å². The Labute approximate surface area is 216 Å². The smallest absolute Gasteiger partial charge is 0.319 e. The molecule has 2 N–H and O–H groups in total. The van der Waals surface area contributed by atoms with E-state index in [1.54, 1.807) is 12.1 Å². The van der Waals surface area contributed by atoms with Crippen molar-refractivity contribution < 1.29 is 9.84 Å². The van der Waals surface area contributed by atoms with E-state index in [1.807, 2.05) is 29.9 Å². The molecule has 5 heterocycles. The van der Waals surface area contributed by atoms with Crippen LogP contribution in [0, 0.1) is 0 Å². The molecule has 0 spiro atoms. The lowest BCUT2D eigenvalue weighted by Crippen LogP contribution is -2.44. The molecule has 2 aromatic heterocycles. The first-order chi connectivity index (χ1) is 18.1. The summed E-state index contributed by atoms with van der Waals surface area (Å²) in [6.45, 7) is 6.46. The van der Waals surface area contributed by atoms with E-state index >= 15 is 0 Å². The Bertz CT molecular complexity index is 1470. The third kappa shape index (κ3) is 3.79. The van der Waals surface area contributed by atoms with Crippen LogP contribution in [0.3, 0.4) is 0 Å². The van der Waals surface area contributed by atoms with Gasteiger partial charge in [0.1, 0.15) is 29.1 Å². The van der Waals surface area contributed by atoms with Crippen LogP contribution in [0.2, 0.25) is 0 Å². The van der Waals surface area contributed by atoms with Gasteiger partial charge in [0, 0.05) is 38.8 Å². The molecule has 37 heavy (non-hydrogen) atoms. The highest BCUT2D eigenvalue weighted by Crippen LogP contribution is 2.40. The third-order valence-corrected chi connectivity index (χ3v) is 8.44. The van der Waals surface area contributed by atoms with Crippen LogP contribution >= 0.6 is 0 Å².